The SMILES string of the molecule is CCO[C@H](C)OC(c1noc(C2CC2)n1)C1CCCN1C(=O)OC(C)(C)C. The van der Waals surface area contributed by atoms with Crippen LogP contribution in [-0.2, 0) is 14.2 Å². The summed E-state index contributed by atoms with van der Waals surface area (Å²) in [5.74, 6) is 1.50. The lowest BCUT2D eigenvalue weighted by Crippen LogP contribution is -2.44. The largest absolute Gasteiger partial charge is 0.444 e. The molecule has 8 heteroatoms. The monoisotopic (exact) mass is 381 g/mol. The van der Waals surface area contributed by atoms with Crippen LogP contribution in [-0.4, -0.2) is 52.2 Å². The number of hydrogen-bond acceptors (Lipinski definition) is 7. The van der Waals surface area contributed by atoms with Gasteiger partial charge in [-0.2, -0.15) is 4.98 Å². The van der Waals surface area contributed by atoms with Crippen molar-refractivity contribution in [3.8, 4) is 0 Å². The Morgan fingerprint density at radius 1 is 1.33 bits per heavy atom. The van der Waals surface area contributed by atoms with Gasteiger partial charge in [0.05, 0.1) is 6.04 Å². The molecule has 1 aliphatic carbocycles. The van der Waals surface area contributed by atoms with E-state index in [1.54, 1.807) is 4.90 Å². The highest BCUT2D eigenvalue weighted by molar-refractivity contribution is 5.69. The van der Waals surface area contributed by atoms with E-state index in [2.05, 4.69) is 10.1 Å². The second-order valence-corrected chi connectivity index (χ2v) is 8.23. The fourth-order valence-corrected chi connectivity index (χ4v) is 3.32. The summed E-state index contributed by atoms with van der Waals surface area (Å²) in [5.41, 5.74) is -0.551. The van der Waals surface area contributed by atoms with Gasteiger partial charge in [0.15, 0.2) is 6.29 Å². The zero-order chi connectivity index (χ0) is 19.6. The average molecular weight is 381 g/mol. The van der Waals surface area contributed by atoms with E-state index in [1.807, 2.05) is 34.6 Å². The standard InChI is InChI=1S/C19H31N3O5/c1-6-24-12(2)25-15(16-20-17(27-21-16)13-9-10-13)14-8-7-11-22(14)18(23)26-19(3,4)5/h12-15H,6-11H2,1-5H3/t12-,14?,15?/m0/s1. The van der Waals surface area contributed by atoms with Crippen LogP contribution in [0.4, 0.5) is 4.79 Å². The van der Waals surface area contributed by atoms with Crippen LogP contribution in [0.5, 0.6) is 0 Å². The number of hydrogen-bond donors (Lipinski definition) is 0. The van der Waals surface area contributed by atoms with Crippen molar-refractivity contribution < 1.29 is 23.5 Å². The smallest absolute Gasteiger partial charge is 0.410 e. The van der Waals surface area contributed by atoms with E-state index < -0.39 is 18.0 Å². The number of aromatic nitrogens is 2. The van der Waals surface area contributed by atoms with Crippen molar-refractivity contribution in [2.24, 2.45) is 0 Å². The molecule has 0 N–H and O–H groups in total. The van der Waals surface area contributed by atoms with E-state index in [0.717, 1.165) is 25.7 Å². The number of likely N-dealkylation sites (tertiary alicyclic amines) is 1. The van der Waals surface area contributed by atoms with Crippen LogP contribution in [0.3, 0.4) is 0 Å². The van der Waals surface area contributed by atoms with Crippen molar-refractivity contribution in [1.82, 2.24) is 15.0 Å². The summed E-state index contributed by atoms with van der Waals surface area (Å²) in [5, 5.41) is 4.16. The van der Waals surface area contributed by atoms with Crippen molar-refractivity contribution in [2.75, 3.05) is 13.2 Å². The molecule has 1 aromatic rings. The number of carbonyl (C=O) groups is 1. The first-order valence-electron chi connectivity index (χ1n) is 9.88. The molecule has 3 atom stereocenters. The summed E-state index contributed by atoms with van der Waals surface area (Å²) >= 11 is 0. The molecule has 0 spiro atoms. The van der Waals surface area contributed by atoms with Crippen LogP contribution in [0, 0.1) is 0 Å². The van der Waals surface area contributed by atoms with Crippen LogP contribution < -0.4 is 0 Å². The molecule has 0 bridgehead atoms. The lowest BCUT2D eigenvalue weighted by atomic mass is 10.1. The summed E-state index contributed by atoms with van der Waals surface area (Å²) in [6.45, 7) is 10.5. The van der Waals surface area contributed by atoms with Crippen molar-refractivity contribution in [2.45, 2.75) is 90.3 Å². The third-order valence-electron chi connectivity index (χ3n) is 4.65. The summed E-state index contributed by atoms with van der Waals surface area (Å²) in [7, 11) is 0. The molecule has 3 rings (SSSR count). The Hall–Kier alpha value is -1.67. The molecule has 2 fully saturated rings. The highest BCUT2D eigenvalue weighted by Gasteiger charge is 2.42. The molecule has 0 aromatic carbocycles. The summed E-state index contributed by atoms with van der Waals surface area (Å²) in [4.78, 5) is 19.0. The average Bonchev–Trinajstić information content (AvgIpc) is 3.11. The van der Waals surface area contributed by atoms with Crippen molar-refractivity contribution in [1.29, 1.82) is 0 Å². The molecule has 152 valence electrons. The number of carbonyl (C=O) groups excluding carboxylic acids is 1. The Morgan fingerprint density at radius 2 is 2.07 bits per heavy atom. The number of amides is 1. The lowest BCUT2D eigenvalue weighted by Gasteiger charge is -2.32. The molecule has 2 aliphatic rings. The van der Waals surface area contributed by atoms with Crippen LogP contribution in [0.15, 0.2) is 4.52 Å². The molecular formula is C19H31N3O5. The molecule has 8 nitrogen and oxygen atoms in total. The van der Waals surface area contributed by atoms with E-state index in [1.165, 1.54) is 0 Å². The topological polar surface area (TPSA) is 86.9 Å². The summed E-state index contributed by atoms with van der Waals surface area (Å²) in [6.07, 6.45) is 2.53. The number of ether oxygens (including phenoxy) is 3. The number of nitrogens with zero attached hydrogens (tertiary/aromatic N) is 3. The highest BCUT2D eigenvalue weighted by atomic mass is 16.7. The van der Waals surface area contributed by atoms with Gasteiger partial charge in [-0.25, -0.2) is 4.79 Å². The van der Waals surface area contributed by atoms with E-state index in [-0.39, 0.29) is 12.1 Å². The second-order valence-electron chi connectivity index (χ2n) is 8.23. The van der Waals surface area contributed by atoms with E-state index in [0.29, 0.717) is 30.8 Å². The van der Waals surface area contributed by atoms with Gasteiger partial charge >= 0.3 is 6.09 Å². The van der Waals surface area contributed by atoms with Gasteiger partial charge < -0.3 is 23.6 Å². The molecule has 1 aromatic heterocycles. The van der Waals surface area contributed by atoms with Crippen LogP contribution in [0.2, 0.25) is 0 Å². The van der Waals surface area contributed by atoms with Crippen LogP contribution in [0.25, 0.3) is 0 Å². The van der Waals surface area contributed by atoms with Crippen molar-refractivity contribution in [3.63, 3.8) is 0 Å². The first-order valence-corrected chi connectivity index (χ1v) is 9.88. The maximum atomic E-state index is 12.7. The molecule has 2 unspecified atom stereocenters. The van der Waals surface area contributed by atoms with Gasteiger partial charge in [0.1, 0.15) is 11.7 Å². The Kier molecular flexibility index (Phi) is 6.05. The minimum Gasteiger partial charge on any atom is -0.444 e. The van der Waals surface area contributed by atoms with Gasteiger partial charge in [-0.05, 0) is 60.3 Å². The van der Waals surface area contributed by atoms with E-state index in [9.17, 15) is 4.79 Å². The van der Waals surface area contributed by atoms with E-state index >= 15 is 0 Å². The van der Waals surface area contributed by atoms with Gasteiger partial charge in [0.2, 0.25) is 11.7 Å². The zero-order valence-corrected chi connectivity index (χ0v) is 16.9. The van der Waals surface area contributed by atoms with Gasteiger partial charge in [-0.1, -0.05) is 5.16 Å². The molecule has 0 radical (unpaired) electrons. The molecule has 2 heterocycles. The van der Waals surface area contributed by atoms with Crippen molar-refractivity contribution >= 4 is 6.09 Å². The van der Waals surface area contributed by atoms with Crippen molar-refractivity contribution in [3.05, 3.63) is 11.7 Å². The second kappa shape index (κ2) is 8.14. The minimum atomic E-state index is -0.551. The molecule has 1 saturated carbocycles. The Labute approximate surface area is 160 Å². The fraction of sp³-hybridized carbons (Fsp3) is 0.842. The molecule has 27 heavy (non-hydrogen) atoms. The molecule has 1 amide bonds. The summed E-state index contributed by atoms with van der Waals surface area (Å²) in [6, 6.07) is -0.215. The minimum absolute atomic E-state index is 0.215. The summed E-state index contributed by atoms with van der Waals surface area (Å²) < 4.78 is 22.7. The third kappa shape index (κ3) is 5.19. The Morgan fingerprint density at radius 3 is 2.70 bits per heavy atom. The maximum absolute atomic E-state index is 12.7. The first kappa shape index (κ1) is 20.1. The number of rotatable bonds is 7. The Bertz CT molecular complexity index is 638. The zero-order valence-electron chi connectivity index (χ0n) is 16.9. The molecular weight excluding hydrogens is 350 g/mol. The highest BCUT2D eigenvalue weighted by Crippen LogP contribution is 2.40. The van der Waals surface area contributed by atoms with Gasteiger partial charge in [0.25, 0.3) is 0 Å². The maximum Gasteiger partial charge on any atom is 0.410 e. The molecule has 1 aliphatic heterocycles. The quantitative estimate of drug-likeness (QED) is 0.664. The van der Waals surface area contributed by atoms with Gasteiger partial charge in [0, 0.05) is 19.1 Å². The van der Waals surface area contributed by atoms with Crippen LogP contribution in [0.1, 0.15) is 84.0 Å². The van der Waals surface area contributed by atoms with E-state index in [4.69, 9.17) is 18.7 Å². The Balaban J connectivity index is 1.80. The fourth-order valence-electron chi connectivity index (χ4n) is 3.32. The first-order chi connectivity index (χ1) is 12.8. The molecule has 1 saturated heterocycles. The van der Waals surface area contributed by atoms with Crippen LogP contribution >= 0.6 is 0 Å². The van der Waals surface area contributed by atoms with Gasteiger partial charge in [-0.3, -0.25) is 0 Å². The third-order valence-corrected chi connectivity index (χ3v) is 4.65. The predicted molar refractivity (Wildman–Crippen MR) is 97.1 cm³/mol. The predicted octanol–water partition coefficient (Wildman–Crippen LogP) is 3.79. The van der Waals surface area contributed by atoms with Gasteiger partial charge in [-0.15, -0.1) is 0 Å². The normalized spacial score (nSPS) is 22.7. The lowest BCUT2D eigenvalue weighted by molar-refractivity contribution is -0.174.